The summed E-state index contributed by atoms with van der Waals surface area (Å²) in [6, 6.07) is 15.5. The van der Waals surface area contributed by atoms with Crippen molar-refractivity contribution in [2.45, 2.75) is 12.3 Å². The Morgan fingerprint density at radius 2 is 1.68 bits per heavy atom. The van der Waals surface area contributed by atoms with E-state index in [1.54, 1.807) is 67.0 Å². The average molecular weight is 459 g/mol. The van der Waals surface area contributed by atoms with Gasteiger partial charge in [-0.15, -0.1) is 0 Å². The molecule has 0 spiro atoms. The number of hydrogen-bond acceptors (Lipinski definition) is 4. The van der Waals surface area contributed by atoms with Crippen molar-refractivity contribution in [2.24, 2.45) is 0 Å². The van der Waals surface area contributed by atoms with E-state index in [0.29, 0.717) is 21.9 Å². The molecule has 0 amide bonds. The second kappa shape index (κ2) is 9.13. The molecule has 0 saturated heterocycles. The van der Waals surface area contributed by atoms with Crippen LogP contribution in [0.3, 0.4) is 0 Å². The summed E-state index contributed by atoms with van der Waals surface area (Å²) in [5.41, 5.74) is 1.72. The van der Waals surface area contributed by atoms with E-state index >= 15 is 0 Å². The second-order valence-corrected chi connectivity index (χ2v) is 7.50. The van der Waals surface area contributed by atoms with Gasteiger partial charge in [0, 0.05) is 34.4 Å². The van der Waals surface area contributed by atoms with Gasteiger partial charge in [-0.05, 0) is 48.0 Å². The lowest BCUT2D eigenvalue weighted by molar-refractivity contribution is 0.0893. The molecule has 1 aromatic heterocycles. The average Bonchev–Trinajstić information content (AvgIpc) is 2.72. The molecule has 0 aliphatic carbocycles. The van der Waals surface area contributed by atoms with E-state index in [-0.39, 0.29) is 18.0 Å². The summed E-state index contributed by atoms with van der Waals surface area (Å²) >= 11 is 9.54. The Bertz CT molecular complexity index is 990. The smallest absolute Gasteiger partial charge is 0.170 e. The van der Waals surface area contributed by atoms with E-state index in [0.717, 1.165) is 10.0 Å². The first kappa shape index (κ1) is 20.2. The molecule has 4 nitrogen and oxygen atoms in total. The molecular weight excluding hydrogens is 442 g/mol. The van der Waals surface area contributed by atoms with E-state index in [1.165, 1.54) is 7.11 Å². The Morgan fingerprint density at radius 1 is 1.04 bits per heavy atom. The molecule has 142 valence electrons. The molecule has 1 atom stereocenters. The Labute approximate surface area is 176 Å². The molecule has 2 aromatic carbocycles. The molecule has 1 unspecified atom stereocenters. The molecule has 0 aliphatic heterocycles. The first-order chi connectivity index (χ1) is 13.5. The summed E-state index contributed by atoms with van der Waals surface area (Å²) in [6.07, 6.45) is 3.27. The molecule has 3 aromatic rings. The van der Waals surface area contributed by atoms with Crippen LogP contribution in [-0.2, 0) is 0 Å². The Kier molecular flexibility index (Phi) is 6.60. The second-order valence-electron chi connectivity index (χ2n) is 6.18. The maximum absolute atomic E-state index is 13.2. The fourth-order valence-electron chi connectivity index (χ4n) is 2.92. The summed E-state index contributed by atoms with van der Waals surface area (Å²) in [5, 5.41) is 0.348. The number of rotatable bonds is 7. The predicted octanol–water partition coefficient (Wildman–Crippen LogP) is 5.75. The van der Waals surface area contributed by atoms with Gasteiger partial charge in [0.25, 0.3) is 0 Å². The minimum atomic E-state index is -0.636. The lowest BCUT2D eigenvalue weighted by atomic mass is 9.86. The van der Waals surface area contributed by atoms with Crippen LogP contribution >= 0.6 is 27.5 Å². The Morgan fingerprint density at radius 3 is 2.29 bits per heavy atom. The van der Waals surface area contributed by atoms with Gasteiger partial charge in [0.1, 0.15) is 5.75 Å². The van der Waals surface area contributed by atoms with Crippen molar-refractivity contribution < 1.29 is 14.3 Å². The fourth-order valence-corrected chi connectivity index (χ4v) is 3.44. The van der Waals surface area contributed by atoms with Crippen LogP contribution in [-0.4, -0.2) is 23.7 Å². The number of benzene rings is 2. The van der Waals surface area contributed by atoms with E-state index in [2.05, 4.69) is 20.9 Å². The van der Waals surface area contributed by atoms with E-state index in [4.69, 9.17) is 16.3 Å². The molecule has 0 bridgehead atoms. The number of ether oxygens (including phenoxy) is 1. The highest BCUT2D eigenvalue weighted by Gasteiger charge is 2.26. The van der Waals surface area contributed by atoms with Crippen LogP contribution in [0, 0.1) is 0 Å². The zero-order valence-electron chi connectivity index (χ0n) is 15.1. The van der Waals surface area contributed by atoms with Crippen molar-refractivity contribution >= 4 is 39.1 Å². The quantitative estimate of drug-likeness (QED) is 0.423. The summed E-state index contributed by atoms with van der Waals surface area (Å²) in [7, 11) is 1.51. The van der Waals surface area contributed by atoms with E-state index in [9.17, 15) is 9.59 Å². The van der Waals surface area contributed by atoms with Crippen LogP contribution < -0.4 is 4.74 Å². The number of ketones is 2. The maximum atomic E-state index is 13.2. The zero-order chi connectivity index (χ0) is 20.1. The summed E-state index contributed by atoms with van der Waals surface area (Å²) in [4.78, 5) is 30.1. The van der Waals surface area contributed by atoms with Crippen LogP contribution in [0.5, 0.6) is 5.75 Å². The van der Waals surface area contributed by atoms with Gasteiger partial charge in [0.2, 0.25) is 0 Å². The van der Waals surface area contributed by atoms with Crippen LogP contribution in [0.4, 0.5) is 0 Å². The molecule has 0 N–H and O–H groups in total. The van der Waals surface area contributed by atoms with E-state index in [1.807, 2.05) is 0 Å². The SMILES string of the molecule is COc1ccc(C(=O)C(CC(=O)c2ccc(Br)cc2)c2ccncc2)cc1Cl. The van der Waals surface area contributed by atoms with Crippen molar-refractivity contribution in [1.82, 2.24) is 4.98 Å². The third-order valence-electron chi connectivity index (χ3n) is 4.42. The Balaban J connectivity index is 1.93. The normalized spacial score (nSPS) is 11.7. The van der Waals surface area contributed by atoms with Crippen LogP contribution in [0.2, 0.25) is 5.02 Å². The number of nitrogens with zero attached hydrogens (tertiary/aromatic N) is 1. The molecule has 0 radical (unpaired) electrons. The maximum Gasteiger partial charge on any atom is 0.170 e. The molecule has 0 fully saturated rings. The van der Waals surface area contributed by atoms with Crippen LogP contribution in [0.25, 0.3) is 0 Å². The van der Waals surface area contributed by atoms with Gasteiger partial charge >= 0.3 is 0 Å². The molecule has 3 rings (SSSR count). The molecular formula is C22H17BrClNO3. The van der Waals surface area contributed by atoms with Gasteiger partial charge < -0.3 is 4.74 Å². The number of methoxy groups -OCH3 is 1. The van der Waals surface area contributed by atoms with Crippen molar-refractivity contribution in [3.63, 3.8) is 0 Å². The number of halogens is 2. The summed E-state index contributed by atoms with van der Waals surface area (Å²) in [5.74, 6) is -0.434. The van der Waals surface area contributed by atoms with Gasteiger partial charge in [0.15, 0.2) is 11.6 Å². The number of carbonyl (C=O) groups is 2. The third kappa shape index (κ3) is 4.66. The van der Waals surface area contributed by atoms with E-state index < -0.39 is 5.92 Å². The number of pyridine rings is 1. The van der Waals surface area contributed by atoms with Crippen molar-refractivity contribution in [3.05, 3.63) is 93.2 Å². The molecule has 0 aliphatic rings. The number of aromatic nitrogens is 1. The van der Waals surface area contributed by atoms with Crippen molar-refractivity contribution in [1.29, 1.82) is 0 Å². The molecule has 1 heterocycles. The number of carbonyl (C=O) groups excluding carboxylic acids is 2. The minimum absolute atomic E-state index is 0.0497. The molecule has 6 heteroatoms. The van der Waals surface area contributed by atoms with Crippen molar-refractivity contribution in [3.8, 4) is 5.75 Å². The highest BCUT2D eigenvalue weighted by molar-refractivity contribution is 9.10. The lowest BCUT2D eigenvalue weighted by Crippen LogP contribution is -2.17. The fraction of sp³-hybridized carbons (Fsp3) is 0.136. The third-order valence-corrected chi connectivity index (χ3v) is 5.24. The number of hydrogen-bond donors (Lipinski definition) is 0. The number of Topliss-reactive ketones (excluding diaryl/α,β-unsaturated/α-hetero) is 2. The predicted molar refractivity (Wildman–Crippen MR) is 112 cm³/mol. The molecule has 0 saturated carbocycles. The highest BCUT2D eigenvalue weighted by Crippen LogP contribution is 2.30. The van der Waals surface area contributed by atoms with Gasteiger partial charge in [-0.2, -0.15) is 0 Å². The first-order valence-corrected chi connectivity index (χ1v) is 9.73. The highest BCUT2D eigenvalue weighted by atomic mass is 79.9. The monoisotopic (exact) mass is 457 g/mol. The summed E-state index contributed by atoms with van der Waals surface area (Å²) < 4.78 is 6.04. The van der Waals surface area contributed by atoms with Gasteiger partial charge in [0.05, 0.1) is 18.1 Å². The standard InChI is InChI=1S/C22H17BrClNO3/c1-28-21-7-4-16(12-19(21)24)22(27)18(14-8-10-25-11-9-14)13-20(26)15-2-5-17(23)6-3-15/h2-12,18H,13H2,1H3. The first-order valence-electron chi connectivity index (χ1n) is 8.56. The zero-order valence-corrected chi connectivity index (χ0v) is 17.4. The molecule has 28 heavy (non-hydrogen) atoms. The van der Waals surface area contributed by atoms with Gasteiger partial charge in [-0.3, -0.25) is 14.6 Å². The lowest BCUT2D eigenvalue weighted by Gasteiger charge is -2.16. The van der Waals surface area contributed by atoms with Gasteiger partial charge in [-0.25, -0.2) is 0 Å². The topological polar surface area (TPSA) is 56.3 Å². The summed E-state index contributed by atoms with van der Waals surface area (Å²) in [6.45, 7) is 0. The largest absolute Gasteiger partial charge is 0.495 e. The van der Waals surface area contributed by atoms with Crippen LogP contribution in [0.1, 0.15) is 38.6 Å². The van der Waals surface area contributed by atoms with Gasteiger partial charge in [-0.1, -0.05) is 39.7 Å². The Hall–Kier alpha value is -2.50. The van der Waals surface area contributed by atoms with Crippen LogP contribution in [0.15, 0.2) is 71.5 Å². The van der Waals surface area contributed by atoms with Crippen molar-refractivity contribution in [2.75, 3.05) is 7.11 Å². The minimum Gasteiger partial charge on any atom is -0.495 e.